The Labute approximate surface area is 292 Å². The van der Waals surface area contributed by atoms with Crippen molar-refractivity contribution in [2.24, 2.45) is 20.5 Å². The van der Waals surface area contributed by atoms with Gasteiger partial charge in [0.05, 0.1) is 49.2 Å². The van der Waals surface area contributed by atoms with Crippen LogP contribution in [0, 0.1) is 0 Å². The lowest BCUT2D eigenvalue weighted by atomic mass is 10.2. The fourth-order valence-electron chi connectivity index (χ4n) is 4.90. The predicted octanol–water partition coefficient (Wildman–Crippen LogP) is 13.1. The van der Waals surface area contributed by atoms with Gasteiger partial charge in [-0.1, -0.05) is 65.2 Å². The van der Waals surface area contributed by atoms with Crippen molar-refractivity contribution in [2.45, 2.75) is 84.5 Å². The van der Waals surface area contributed by atoms with E-state index in [0.29, 0.717) is 13.2 Å². The summed E-state index contributed by atoms with van der Waals surface area (Å²) in [6.07, 6.45) is 13.0. The Hall–Kier alpha value is -4.72. The highest BCUT2D eigenvalue weighted by Gasteiger charge is 2.00. The summed E-state index contributed by atoms with van der Waals surface area (Å²) in [5, 5.41) is 17.4. The molecule has 0 radical (unpaired) electrons. The van der Waals surface area contributed by atoms with Crippen molar-refractivity contribution in [3.05, 3.63) is 97.1 Å². The highest BCUT2D eigenvalue weighted by Crippen LogP contribution is 2.25. The number of hydrogen-bond donors (Lipinski definition) is 0. The first-order valence-electron chi connectivity index (χ1n) is 18.0. The van der Waals surface area contributed by atoms with Crippen LogP contribution in [0.1, 0.15) is 84.5 Å². The number of azo groups is 2. The standard InChI is InChI=1S/C41H52N4O4/c1-3-5-7-9-11-30-46-38-22-14-34(15-23-38)42-44-36-18-26-40(27-19-36)48-32-13-33-49-41-28-20-37(21-29-41)45-43-35-16-24-39(25-17-35)47-31-12-10-8-6-4-2/h14-29H,3-13,30-33H2,1-2H3. The molecular weight excluding hydrogens is 612 g/mol. The zero-order chi connectivity index (χ0) is 34.2. The van der Waals surface area contributed by atoms with Crippen molar-refractivity contribution in [3.8, 4) is 23.0 Å². The van der Waals surface area contributed by atoms with Gasteiger partial charge in [0.15, 0.2) is 0 Å². The van der Waals surface area contributed by atoms with E-state index in [-0.39, 0.29) is 0 Å². The molecule has 0 atom stereocenters. The van der Waals surface area contributed by atoms with Gasteiger partial charge in [0, 0.05) is 6.42 Å². The Kier molecular flexibility index (Phi) is 17.2. The number of nitrogens with zero attached hydrogens (tertiary/aromatic N) is 4. The van der Waals surface area contributed by atoms with Crippen molar-refractivity contribution in [1.82, 2.24) is 0 Å². The van der Waals surface area contributed by atoms with E-state index in [1.807, 2.05) is 97.1 Å². The number of hydrogen-bond acceptors (Lipinski definition) is 8. The predicted molar refractivity (Wildman–Crippen MR) is 198 cm³/mol. The van der Waals surface area contributed by atoms with Crippen LogP contribution in [0.2, 0.25) is 0 Å². The van der Waals surface area contributed by atoms with Gasteiger partial charge in [0.2, 0.25) is 0 Å². The van der Waals surface area contributed by atoms with E-state index in [1.165, 1.54) is 51.4 Å². The summed E-state index contributed by atoms with van der Waals surface area (Å²) in [4.78, 5) is 0. The molecular formula is C41H52N4O4. The number of benzene rings is 4. The summed E-state index contributed by atoms with van der Waals surface area (Å²) in [5.74, 6) is 3.30. The van der Waals surface area contributed by atoms with Crippen LogP contribution < -0.4 is 18.9 Å². The van der Waals surface area contributed by atoms with Crippen LogP contribution in [0.3, 0.4) is 0 Å². The van der Waals surface area contributed by atoms with Crippen LogP contribution in [0.15, 0.2) is 118 Å². The smallest absolute Gasteiger partial charge is 0.119 e. The molecule has 0 amide bonds. The van der Waals surface area contributed by atoms with Crippen LogP contribution in [0.4, 0.5) is 22.7 Å². The molecule has 0 N–H and O–H groups in total. The van der Waals surface area contributed by atoms with Gasteiger partial charge in [-0.3, -0.25) is 0 Å². The second-order valence-electron chi connectivity index (χ2n) is 12.0. The fraction of sp³-hybridized carbons (Fsp3) is 0.415. The second-order valence-corrected chi connectivity index (χ2v) is 12.0. The zero-order valence-electron chi connectivity index (χ0n) is 29.3. The molecule has 0 heterocycles. The minimum absolute atomic E-state index is 0.545. The summed E-state index contributed by atoms with van der Waals surface area (Å²) in [5.41, 5.74) is 3.09. The minimum Gasteiger partial charge on any atom is -0.494 e. The third-order valence-corrected chi connectivity index (χ3v) is 7.77. The Balaban J connectivity index is 1.07. The number of unbranched alkanes of at least 4 members (excludes halogenated alkanes) is 8. The van der Waals surface area contributed by atoms with Crippen LogP contribution in [0.5, 0.6) is 23.0 Å². The average Bonchev–Trinajstić information content (AvgIpc) is 3.14. The van der Waals surface area contributed by atoms with E-state index >= 15 is 0 Å². The summed E-state index contributed by atoms with van der Waals surface area (Å²) in [6, 6.07) is 30.6. The summed E-state index contributed by atoms with van der Waals surface area (Å²) >= 11 is 0. The minimum atomic E-state index is 0.545. The molecule has 8 nitrogen and oxygen atoms in total. The van der Waals surface area contributed by atoms with E-state index in [2.05, 4.69) is 34.3 Å². The van der Waals surface area contributed by atoms with Gasteiger partial charge in [0.25, 0.3) is 0 Å². The molecule has 4 aromatic carbocycles. The molecule has 0 unspecified atom stereocenters. The average molecular weight is 665 g/mol. The molecule has 0 aliphatic carbocycles. The number of ether oxygens (including phenoxy) is 4. The molecule has 0 saturated heterocycles. The second kappa shape index (κ2) is 22.8. The third-order valence-electron chi connectivity index (χ3n) is 7.77. The van der Waals surface area contributed by atoms with Crippen LogP contribution >= 0.6 is 0 Å². The largest absolute Gasteiger partial charge is 0.494 e. The first-order valence-corrected chi connectivity index (χ1v) is 18.0. The van der Waals surface area contributed by atoms with Crippen molar-refractivity contribution in [2.75, 3.05) is 26.4 Å². The topological polar surface area (TPSA) is 86.4 Å². The maximum Gasteiger partial charge on any atom is 0.119 e. The third kappa shape index (κ3) is 15.4. The molecule has 0 bridgehead atoms. The van der Waals surface area contributed by atoms with E-state index < -0.39 is 0 Å². The lowest BCUT2D eigenvalue weighted by Gasteiger charge is -2.08. The lowest BCUT2D eigenvalue weighted by Crippen LogP contribution is -2.04. The van der Waals surface area contributed by atoms with Gasteiger partial charge >= 0.3 is 0 Å². The molecule has 0 fully saturated rings. The molecule has 0 spiro atoms. The number of rotatable bonds is 24. The van der Waals surface area contributed by atoms with Crippen LogP contribution in [-0.2, 0) is 0 Å². The van der Waals surface area contributed by atoms with Crippen molar-refractivity contribution in [1.29, 1.82) is 0 Å². The maximum atomic E-state index is 5.87. The summed E-state index contributed by atoms with van der Waals surface area (Å²) in [7, 11) is 0. The maximum absolute atomic E-state index is 5.87. The van der Waals surface area contributed by atoms with E-state index in [4.69, 9.17) is 18.9 Å². The molecule has 49 heavy (non-hydrogen) atoms. The highest BCUT2D eigenvalue weighted by molar-refractivity contribution is 5.45. The van der Waals surface area contributed by atoms with Crippen molar-refractivity contribution >= 4 is 22.7 Å². The Bertz CT molecular complexity index is 1370. The molecule has 4 rings (SSSR count). The monoisotopic (exact) mass is 664 g/mol. The molecule has 0 aliphatic rings. The molecule has 4 aromatic rings. The van der Waals surface area contributed by atoms with E-state index in [1.54, 1.807) is 0 Å². The van der Waals surface area contributed by atoms with E-state index in [0.717, 1.165) is 78.2 Å². The first-order chi connectivity index (χ1) is 24.2. The Morgan fingerprint density at radius 1 is 0.306 bits per heavy atom. The van der Waals surface area contributed by atoms with Crippen molar-refractivity contribution < 1.29 is 18.9 Å². The normalized spacial score (nSPS) is 11.3. The highest BCUT2D eigenvalue weighted by atomic mass is 16.5. The summed E-state index contributed by atoms with van der Waals surface area (Å²) in [6.45, 7) is 7.05. The van der Waals surface area contributed by atoms with Gasteiger partial charge in [0.1, 0.15) is 23.0 Å². The lowest BCUT2D eigenvalue weighted by molar-refractivity contribution is 0.247. The van der Waals surface area contributed by atoms with Gasteiger partial charge in [-0.25, -0.2) is 0 Å². The van der Waals surface area contributed by atoms with Gasteiger partial charge in [-0.05, 0) is 110 Å². The quantitative estimate of drug-likeness (QED) is 0.0551. The molecule has 260 valence electrons. The molecule has 0 aliphatic heterocycles. The molecule has 0 aromatic heterocycles. The van der Waals surface area contributed by atoms with Crippen LogP contribution in [0.25, 0.3) is 0 Å². The SMILES string of the molecule is CCCCCCCOc1ccc(N=Nc2ccc(OCCCOc3ccc(N=Nc4ccc(OCCCCCCC)cc4)cc3)cc2)cc1. The van der Waals surface area contributed by atoms with Crippen molar-refractivity contribution in [3.63, 3.8) is 0 Å². The molecule has 0 saturated carbocycles. The summed E-state index contributed by atoms with van der Waals surface area (Å²) < 4.78 is 23.4. The van der Waals surface area contributed by atoms with Gasteiger partial charge < -0.3 is 18.9 Å². The zero-order valence-corrected chi connectivity index (χ0v) is 29.3. The van der Waals surface area contributed by atoms with Gasteiger partial charge in [-0.15, -0.1) is 0 Å². The van der Waals surface area contributed by atoms with Crippen LogP contribution in [-0.4, -0.2) is 26.4 Å². The fourth-order valence-corrected chi connectivity index (χ4v) is 4.90. The first kappa shape index (κ1) is 37.1. The Morgan fingerprint density at radius 3 is 0.816 bits per heavy atom. The molecule has 8 heteroatoms. The van der Waals surface area contributed by atoms with Gasteiger partial charge in [-0.2, -0.15) is 20.5 Å². The Morgan fingerprint density at radius 2 is 0.551 bits per heavy atom. The van der Waals surface area contributed by atoms with E-state index in [9.17, 15) is 0 Å².